The molecule has 0 unspecified atom stereocenters. The highest BCUT2D eigenvalue weighted by molar-refractivity contribution is 5.81. The Hall–Kier alpha value is -1.27. The highest BCUT2D eigenvalue weighted by Crippen LogP contribution is 2.35. The standard InChI is InChI=1S/C9H12F3NO3/c10-9(11,12)8(16)13-4-6-1-5(2-6)3-7(14)15/h5-6H,1-4H2,(H,13,16)(H,14,15). The van der Waals surface area contributed by atoms with Crippen molar-refractivity contribution < 1.29 is 27.9 Å². The fraction of sp³-hybridized carbons (Fsp3) is 0.778. The number of carbonyl (C=O) groups excluding carboxylic acids is 1. The van der Waals surface area contributed by atoms with Gasteiger partial charge in [0.25, 0.3) is 0 Å². The summed E-state index contributed by atoms with van der Waals surface area (Å²) in [5.41, 5.74) is 0. The summed E-state index contributed by atoms with van der Waals surface area (Å²) < 4.78 is 35.3. The summed E-state index contributed by atoms with van der Waals surface area (Å²) in [5.74, 6) is -2.84. The SMILES string of the molecule is O=C(O)CC1CC(CNC(=O)C(F)(F)F)C1. The fourth-order valence-corrected chi connectivity index (χ4v) is 1.79. The Morgan fingerprint density at radius 2 is 1.81 bits per heavy atom. The van der Waals surface area contributed by atoms with Crippen molar-refractivity contribution in [3.8, 4) is 0 Å². The lowest BCUT2D eigenvalue weighted by Crippen LogP contribution is -2.42. The molecule has 0 aromatic carbocycles. The van der Waals surface area contributed by atoms with Gasteiger partial charge in [0.1, 0.15) is 0 Å². The smallest absolute Gasteiger partial charge is 0.471 e. The Morgan fingerprint density at radius 3 is 2.25 bits per heavy atom. The molecule has 92 valence electrons. The van der Waals surface area contributed by atoms with Gasteiger partial charge in [0.2, 0.25) is 0 Å². The number of halogens is 3. The van der Waals surface area contributed by atoms with Gasteiger partial charge in [0, 0.05) is 13.0 Å². The van der Waals surface area contributed by atoms with Crippen LogP contribution in [0.5, 0.6) is 0 Å². The van der Waals surface area contributed by atoms with E-state index in [1.165, 1.54) is 0 Å². The Bertz CT molecular complexity index is 284. The third-order valence-electron chi connectivity index (χ3n) is 2.61. The molecule has 2 N–H and O–H groups in total. The van der Waals surface area contributed by atoms with E-state index in [0.717, 1.165) is 0 Å². The first-order valence-corrected chi connectivity index (χ1v) is 4.86. The van der Waals surface area contributed by atoms with Gasteiger partial charge in [-0.3, -0.25) is 9.59 Å². The monoisotopic (exact) mass is 239 g/mol. The van der Waals surface area contributed by atoms with E-state index in [0.29, 0.717) is 12.8 Å². The summed E-state index contributed by atoms with van der Waals surface area (Å²) in [6.45, 7) is -0.0333. The maximum absolute atomic E-state index is 11.8. The van der Waals surface area contributed by atoms with Gasteiger partial charge in [-0.2, -0.15) is 13.2 Å². The van der Waals surface area contributed by atoms with Gasteiger partial charge in [-0.1, -0.05) is 0 Å². The molecule has 16 heavy (non-hydrogen) atoms. The molecule has 0 atom stereocenters. The molecule has 1 rings (SSSR count). The highest BCUT2D eigenvalue weighted by Gasteiger charge is 2.39. The predicted octanol–water partition coefficient (Wildman–Crippen LogP) is 1.17. The van der Waals surface area contributed by atoms with Crippen LogP contribution in [-0.2, 0) is 9.59 Å². The van der Waals surface area contributed by atoms with Gasteiger partial charge in [0.05, 0.1) is 0 Å². The van der Waals surface area contributed by atoms with E-state index in [-0.39, 0.29) is 24.8 Å². The minimum Gasteiger partial charge on any atom is -0.481 e. The quantitative estimate of drug-likeness (QED) is 0.773. The van der Waals surface area contributed by atoms with E-state index in [1.807, 2.05) is 0 Å². The van der Waals surface area contributed by atoms with Crippen molar-refractivity contribution >= 4 is 11.9 Å². The van der Waals surface area contributed by atoms with Crippen LogP contribution in [0.3, 0.4) is 0 Å². The predicted molar refractivity (Wildman–Crippen MR) is 47.5 cm³/mol. The number of alkyl halides is 3. The zero-order chi connectivity index (χ0) is 12.3. The van der Waals surface area contributed by atoms with Crippen molar-refractivity contribution in [1.82, 2.24) is 5.32 Å². The van der Waals surface area contributed by atoms with E-state index >= 15 is 0 Å². The number of nitrogens with one attached hydrogen (secondary N) is 1. The average Bonchev–Trinajstić information content (AvgIpc) is 2.05. The second-order valence-electron chi connectivity index (χ2n) is 4.01. The van der Waals surface area contributed by atoms with Gasteiger partial charge in [-0.15, -0.1) is 0 Å². The summed E-state index contributed by atoms with van der Waals surface area (Å²) in [5, 5.41) is 10.2. The highest BCUT2D eigenvalue weighted by atomic mass is 19.4. The number of amides is 1. The van der Waals surface area contributed by atoms with E-state index in [2.05, 4.69) is 0 Å². The number of carboxylic acid groups (broad SMARTS) is 1. The zero-order valence-corrected chi connectivity index (χ0v) is 8.38. The first-order chi connectivity index (χ1) is 7.29. The molecule has 0 aromatic heterocycles. The van der Waals surface area contributed by atoms with Gasteiger partial charge in [-0.25, -0.2) is 0 Å². The van der Waals surface area contributed by atoms with E-state index in [4.69, 9.17) is 5.11 Å². The molecule has 1 aliphatic carbocycles. The molecule has 0 aliphatic heterocycles. The van der Waals surface area contributed by atoms with Crippen LogP contribution in [0.4, 0.5) is 13.2 Å². The molecule has 1 saturated carbocycles. The molecule has 0 radical (unpaired) electrons. The van der Waals surface area contributed by atoms with Crippen LogP contribution in [0.1, 0.15) is 19.3 Å². The molecule has 0 heterocycles. The van der Waals surface area contributed by atoms with Crippen LogP contribution in [0.2, 0.25) is 0 Å². The molecule has 1 aliphatic rings. The second kappa shape index (κ2) is 4.71. The number of carbonyl (C=O) groups is 2. The van der Waals surface area contributed by atoms with Crippen molar-refractivity contribution in [2.24, 2.45) is 11.8 Å². The molecule has 0 aromatic rings. The Morgan fingerprint density at radius 1 is 1.25 bits per heavy atom. The molecular formula is C9H12F3NO3. The Kier molecular flexibility index (Phi) is 3.77. The second-order valence-corrected chi connectivity index (χ2v) is 4.01. The topological polar surface area (TPSA) is 66.4 Å². The Balaban J connectivity index is 2.14. The van der Waals surface area contributed by atoms with Crippen LogP contribution < -0.4 is 5.32 Å². The number of carboxylic acids is 1. The number of hydrogen-bond acceptors (Lipinski definition) is 2. The number of hydrogen-bond donors (Lipinski definition) is 2. The average molecular weight is 239 g/mol. The maximum Gasteiger partial charge on any atom is 0.471 e. The Labute approximate surface area is 89.8 Å². The molecular weight excluding hydrogens is 227 g/mol. The van der Waals surface area contributed by atoms with Gasteiger partial charge in [-0.05, 0) is 24.7 Å². The molecule has 0 saturated heterocycles. The van der Waals surface area contributed by atoms with Crippen molar-refractivity contribution in [1.29, 1.82) is 0 Å². The largest absolute Gasteiger partial charge is 0.481 e. The third kappa shape index (κ3) is 3.71. The first kappa shape index (κ1) is 12.8. The normalized spacial score (nSPS) is 24.7. The minimum absolute atomic E-state index is 0.0318. The first-order valence-electron chi connectivity index (χ1n) is 4.86. The van der Waals surface area contributed by atoms with Crippen molar-refractivity contribution in [3.63, 3.8) is 0 Å². The summed E-state index contributed by atoms with van der Waals surface area (Å²) in [6, 6.07) is 0. The lowest BCUT2D eigenvalue weighted by atomic mass is 9.73. The van der Waals surface area contributed by atoms with Crippen LogP contribution >= 0.6 is 0 Å². The third-order valence-corrected chi connectivity index (χ3v) is 2.61. The van der Waals surface area contributed by atoms with Crippen molar-refractivity contribution in [2.45, 2.75) is 25.4 Å². The van der Waals surface area contributed by atoms with E-state index in [1.54, 1.807) is 5.32 Å². The number of rotatable bonds is 4. The van der Waals surface area contributed by atoms with Crippen LogP contribution in [-0.4, -0.2) is 29.7 Å². The summed E-state index contributed by atoms with van der Waals surface area (Å²) in [6.07, 6.45) is -3.68. The summed E-state index contributed by atoms with van der Waals surface area (Å²) in [7, 11) is 0. The van der Waals surface area contributed by atoms with E-state index in [9.17, 15) is 22.8 Å². The molecule has 0 spiro atoms. The van der Waals surface area contributed by atoms with Crippen LogP contribution in [0, 0.1) is 11.8 Å². The van der Waals surface area contributed by atoms with Crippen LogP contribution in [0.25, 0.3) is 0 Å². The van der Waals surface area contributed by atoms with Gasteiger partial charge < -0.3 is 10.4 Å². The lowest BCUT2D eigenvalue weighted by Gasteiger charge is -2.34. The summed E-state index contributed by atoms with van der Waals surface area (Å²) in [4.78, 5) is 20.7. The lowest BCUT2D eigenvalue weighted by molar-refractivity contribution is -0.174. The molecule has 4 nitrogen and oxygen atoms in total. The van der Waals surface area contributed by atoms with Gasteiger partial charge in [0.15, 0.2) is 0 Å². The number of aliphatic carboxylic acids is 1. The van der Waals surface area contributed by atoms with Crippen LogP contribution in [0.15, 0.2) is 0 Å². The zero-order valence-electron chi connectivity index (χ0n) is 8.38. The molecule has 0 bridgehead atoms. The van der Waals surface area contributed by atoms with Gasteiger partial charge >= 0.3 is 18.1 Å². The van der Waals surface area contributed by atoms with Crippen molar-refractivity contribution in [3.05, 3.63) is 0 Å². The van der Waals surface area contributed by atoms with Crippen molar-refractivity contribution in [2.75, 3.05) is 6.54 Å². The summed E-state index contributed by atoms with van der Waals surface area (Å²) >= 11 is 0. The molecule has 7 heteroatoms. The molecule has 1 fully saturated rings. The maximum atomic E-state index is 11.8. The minimum atomic E-state index is -4.84. The molecule has 1 amide bonds. The van der Waals surface area contributed by atoms with E-state index < -0.39 is 18.1 Å². The fourth-order valence-electron chi connectivity index (χ4n) is 1.79.